The normalized spacial score (nSPS) is 10.5. The Balaban J connectivity index is 2.27. The summed E-state index contributed by atoms with van der Waals surface area (Å²) in [5.41, 5.74) is 0. The molecule has 1 aromatic heterocycles. The van der Waals surface area contributed by atoms with Crippen molar-refractivity contribution in [3.8, 4) is 0 Å². The first-order valence-corrected chi connectivity index (χ1v) is 6.92. The van der Waals surface area contributed by atoms with Gasteiger partial charge in [0, 0.05) is 25.6 Å². The molecule has 4 nitrogen and oxygen atoms in total. The summed E-state index contributed by atoms with van der Waals surface area (Å²) in [4.78, 5) is 14.6. The monoisotopic (exact) mass is 320 g/mol. The highest BCUT2D eigenvalue weighted by Crippen LogP contribution is 2.22. The molecule has 0 bridgehead atoms. The van der Waals surface area contributed by atoms with Crippen molar-refractivity contribution in [2.24, 2.45) is 0 Å². The topological polar surface area (TPSA) is 41.6 Å². The number of carbonyl (C=O) groups excluding carboxylic acids is 1. The molecule has 1 N–H and O–H groups in total. The average molecular weight is 321 g/mol. The van der Waals surface area contributed by atoms with Crippen molar-refractivity contribution in [1.29, 1.82) is 0 Å². The van der Waals surface area contributed by atoms with Crippen LogP contribution in [-0.4, -0.2) is 44.7 Å². The Labute approximate surface area is 114 Å². The van der Waals surface area contributed by atoms with Crippen molar-refractivity contribution < 1.29 is 9.53 Å². The molecule has 0 aliphatic rings. The van der Waals surface area contributed by atoms with Gasteiger partial charge in [0.1, 0.15) is 0 Å². The highest BCUT2D eigenvalue weighted by Gasteiger charge is 2.09. The number of amides is 1. The molecule has 6 heteroatoms. The van der Waals surface area contributed by atoms with Crippen molar-refractivity contribution in [2.75, 3.05) is 33.9 Å². The van der Waals surface area contributed by atoms with Gasteiger partial charge in [-0.25, -0.2) is 0 Å². The zero-order valence-electron chi connectivity index (χ0n) is 10.0. The van der Waals surface area contributed by atoms with Gasteiger partial charge in [0.15, 0.2) is 0 Å². The predicted octanol–water partition coefficient (Wildman–Crippen LogP) is 1.71. The van der Waals surface area contributed by atoms with E-state index < -0.39 is 0 Å². The van der Waals surface area contributed by atoms with Crippen LogP contribution in [-0.2, 0) is 16.1 Å². The Morgan fingerprint density at radius 1 is 1.59 bits per heavy atom. The molecule has 0 saturated heterocycles. The van der Waals surface area contributed by atoms with Crippen LogP contribution in [0.5, 0.6) is 0 Å². The first kappa shape index (κ1) is 14.6. The van der Waals surface area contributed by atoms with Crippen molar-refractivity contribution in [3.05, 3.63) is 20.8 Å². The maximum Gasteiger partial charge on any atom is 0.236 e. The van der Waals surface area contributed by atoms with E-state index in [1.807, 2.05) is 19.2 Å². The third-order valence-corrected chi connectivity index (χ3v) is 3.82. The number of ether oxygens (including phenoxy) is 1. The van der Waals surface area contributed by atoms with Crippen LogP contribution in [0.15, 0.2) is 15.9 Å². The molecule has 0 aliphatic heterocycles. The summed E-state index contributed by atoms with van der Waals surface area (Å²) in [5, 5.41) is 3.04. The average Bonchev–Trinajstić information content (AvgIpc) is 2.70. The number of hydrogen-bond donors (Lipinski definition) is 1. The second kappa shape index (κ2) is 7.81. The maximum atomic E-state index is 11.7. The van der Waals surface area contributed by atoms with Gasteiger partial charge in [0.05, 0.1) is 23.5 Å². The predicted molar refractivity (Wildman–Crippen MR) is 73.2 cm³/mol. The van der Waals surface area contributed by atoms with Gasteiger partial charge in [-0.05, 0) is 28.1 Å². The SMILES string of the molecule is COCCNCC(=O)N(C)Cc1ccc(Br)s1. The van der Waals surface area contributed by atoms with E-state index in [0.717, 1.165) is 3.79 Å². The largest absolute Gasteiger partial charge is 0.383 e. The standard InChI is InChI=1S/C11H17BrN2O2S/c1-14(8-9-3-4-10(12)17-9)11(15)7-13-5-6-16-2/h3-4,13H,5-8H2,1-2H3. The number of halogens is 1. The molecule has 0 aromatic carbocycles. The molecule has 17 heavy (non-hydrogen) atoms. The summed E-state index contributed by atoms with van der Waals surface area (Å²) in [7, 11) is 3.46. The fraction of sp³-hybridized carbons (Fsp3) is 0.545. The van der Waals surface area contributed by atoms with Crippen molar-refractivity contribution in [2.45, 2.75) is 6.54 Å². The van der Waals surface area contributed by atoms with Gasteiger partial charge < -0.3 is 15.0 Å². The van der Waals surface area contributed by atoms with Crippen LogP contribution in [0, 0.1) is 0 Å². The minimum atomic E-state index is 0.0885. The Hall–Kier alpha value is -0.430. The Kier molecular flexibility index (Phi) is 6.72. The number of nitrogens with one attached hydrogen (secondary N) is 1. The van der Waals surface area contributed by atoms with Gasteiger partial charge in [-0.3, -0.25) is 4.79 Å². The molecular weight excluding hydrogens is 304 g/mol. The molecule has 0 saturated carbocycles. The van der Waals surface area contributed by atoms with E-state index in [1.165, 1.54) is 4.88 Å². The van der Waals surface area contributed by atoms with Gasteiger partial charge in [0.25, 0.3) is 0 Å². The van der Waals surface area contributed by atoms with Crippen molar-refractivity contribution in [3.63, 3.8) is 0 Å². The fourth-order valence-corrected chi connectivity index (χ4v) is 2.80. The Morgan fingerprint density at radius 2 is 2.35 bits per heavy atom. The van der Waals surface area contributed by atoms with Gasteiger partial charge in [-0.1, -0.05) is 0 Å². The molecule has 1 rings (SSSR count). The second-order valence-electron chi connectivity index (χ2n) is 3.63. The van der Waals surface area contributed by atoms with E-state index >= 15 is 0 Å². The van der Waals surface area contributed by atoms with Crippen LogP contribution in [0.3, 0.4) is 0 Å². The summed E-state index contributed by atoms with van der Waals surface area (Å²) in [6.45, 7) is 2.32. The highest BCUT2D eigenvalue weighted by molar-refractivity contribution is 9.11. The number of carbonyl (C=O) groups is 1. The zero-order chi connectivity index (χ0) is 12.7. The lowest BCUT2D eigenvalue weighted by Gasteiger charge is -2.16. The molecule has 0 unspecified atom stereocenters. The van der Waals surface area contributed by atoms with E-state index in [-0.39, 0.29) is 5.91 Å². The van der Waals surface area contributed by atoms with Crippen LogP contribution in [0.1, 0.15) is 4.88 Å². The number of thiophene rings is 1. The van der Waals surface area contributed by atoms with Gasteiger partial charge in [-0.15, -0.1) is 11.3 Å². The van der Waals surface area contributed by atoms with E-state index in [9.17, 15) is 4.79 Å². The van der Waals surface area contributed by atoms with Crippen molar-refractivity contribution in [1.82, 2.24) is 10.2 Å². The van der Waals surface area contributed by atoms with E-state index in [2.05, 4.69) is 21.2 Å². The number of rotatable bonds is 7. The Morgan fingerprint density at radius 3 is 2.94 bits per heavy atom. The summed E-state index contributed by atoms with van der Waals surface area (Å²) in [6.07, 6.45) is 0. The van der Waals surface area contributed by atoms with Gasteiger partial charge >= 0.3 is 0 Å². The smallest absolute Gasteiger partial charge is 0.236 e. The van der Waals surface area contributed by atoms with Gasteiger partial charge in [0.2, 0.25) is 5.91 Å². The molecule has 96 valence electrons. The summed E-state index contributed by atoms with van der Waals surface area (Å²) < 4.78 is 5.98. The first-order chi connectivity index (χ1) is 8.13. The van der Waals surface area contributed by atoms with E-state index in [4.69, 9.17) is 4.74 Å². The highest BCUT2D eigenvalue weighted by atomic mass is 79.9. The third-order valence-electron chi connectivity index (χ3n) is 2.21. The lowest BCUT2D eigenvalue weighted by atomic mass is 10.4. The molecule has 1 heterocycles. The number of nitrogens with zero attached hydrogens (tertiary/aromatic N) is 1. The van der Waals surface area contributed by atoms with Crippen LogP contribution >= 0.6 is 27.3 Å². The molecule has 1 amide bonds. The lowest BCUT2D eigenvalue weighted by molar-refractivity contribution is -0.129. The zero-order valence-corrected chi connectivity index (χ0v) is 12.4. The van der Waals surface area contributed by atoms with Crippen LogP contribution in [0.4, 0.5) is 0 Å². The summed E-state index contributed by atoms with van der Waals surface area (Å²) in [5.74, 6) is 0.0885. The first-order valence-electron chi connectivity index (χ1n) is 5.31. The minimum Gasteiger partial charge on any atom is -0.383 e. The van der Waals surface area contributed by atoms with Crippen LogP contribution in [0.25, 0.3) is 0 Å². The van der Waals surface area contributed by atoms with Crippen molar-refractivity contribution >= 4 is 33.2 Å². The lowest BCUT2D eigenvalue weighted by Crippen LogP contribution is -2.36. The van der Waals surface area contributed by atoms with E-state index in [1.54, 1.807) is 23.3 Å². The van der Waals surface area contributed by atoms with E-state index in [0.29, 0.717) is 26.2 Å². The number of hydrogen-bond acceptors (Lipinski definition) is 4. The van der Waals surface area contributed by atoms with Crippen LogP contribution < -0.4 is 5.32 Å². The molecule has 0 atom stereocenters. The number of likely N-dealkylation sites (N-methyl/N-ethyl adjacent to an activating group) is 1. The van der Waals surface area contributed by atoms with Gasteiger partial charge in [-0.2, -0.15) is 0 Å². The summed E-state index contributed by atoms with van der Waals surface area (Å²) in [6, 6.07) is 4.02. The minimum absolute atomic E-state index is 0.0885. The summed E-state index contributed by atoms with van der Waals surface area (Å²) >= 11 is 5.05. The van der Waals surface area contributed by atoms with Crippen LogP contribution in [0.2, 0.25) is 0 Å². The fourth-order valence-electron chi connectivity index (χ4n) is 1.26. The molecule has 0 fully saturated rings. The molecule has 0 radical (unpaired) electrons. The molecule has 0 aliphatic carbocycles. The number of methoxy groups -OCH3 is 1. The molecular formula is C11H17BrN2O2S. The molecule has 0 spiro atoms. The Bertz CT molecular complexity index is 357. The quantitative estimate of drug-likeness (QED) is 0.778. The second-order valence-corrected chi connectivity index (χ2v) is 6.17. The maximum absolute atomic E-state index is 11.7. The molecule has 1 aromatic rings. The third kappa shape index (κ3) is 5.63.